The van der Waals surface area contributed by atoms with Gasteiger partial charge in [-0.05, 0) is 25.1 Å². The second-order valence-electron chi connectivity index (χ2n) is 4.10. The number of Topliss-reactive ketones (excluding diaryl/α,β-unsaturated/α-hetero) is 1. The lowest BCUT2D eigenvalue weighted by molar-refractivity contribution is -0.384. The predicted molar refractivity (Wildman–Crippen MR) is 81.9 cm³/mol. The number of hydrogen-bond donors (Lipinski definition) is 0. The molecule has 0 aliphatic rings. The number of nitrogens with zero attached hydrogens (tertiary/aromatic N) is 1. The van der Waals surface area contributed by atoms with E-state index in [1.54, 1.807) is 19.1 Å². The van der Waals surface area contributed by atoms with Crippen LogP contribution >= 0.6 is 34.5 Å². The zero-order chi connectivity index (χ0) is 15.6. The number of ether oxygens (including phenoxy) is 1. The lowest BCUT2D eigenvalue weighted by Crippen LogP contribution is -2.23. The molecule has 0 radical (unpaired) electrons. The van der Waals surface area contributed by atoms with Gasteiger partial charge < -0.3 is 4.74 Å². The molecule has 21 heavy (non-hydrogen) atoms. The normalized spacial score (nSPS) is 12.0. The molecule has 0 aliphatic carbocycles. The Hall–Kier alpha value is -1.63. The van der Waals surface area contributed by atoms with Crippen molar-refractivity contribution in [1.29, 1.82) is 0 Å². The molecular weight excluding hydrogens is 337 g/mol. The Balaban J connectivity index is 2.12. The third-order valence-corrected chi connectivity index (χ3v) is 4.16. The molecule has 8 heteroatoms. The quantitative estimate of drug-likeness (QED) is 0.450. The Bertz CT molecular complexity index is 701. The molecule has 0 amide bonds. The van der Waals surface area contributed by atoms with Crippen LogP contribution < -0.4 is 4.74 Å². The molecule has 0 aliphatic heterocycles. The summed E-state index contributed by atoms with van der Waals surface area (Å²) in [7, 11) is 0. The van der Waals surface area contributed by atoms with Gasteiger partial charge in [-0.15, -0.1) is 11.3 Å². The summed E-state index contributed by atoms with van der Waals surface area (Å²) in [5, 5.41) is 10.6. The van der Waals surface area contributed by atoms with Crippen molar-refractivity contribution in [2.45, 2.75) is 13.0 Å². The van der Waals surface area contributed by atoms with E-state index < -0.39 is 11.0 Å². The second-order valence-corrected chi connectivity index (χ2v) is 6.22. The van der Waals surface area contributed by atoms with Gasteiger partial charge in [-0.2, -0.15) is 0 Å². The van der Waals surface area contributed by atoms with Crippen LogP contribution in [-0.4, -0.2) is 16.8 Å². The molecule has 0 saturated heterocycles. The Kier molecular flexibility index (Phi) is 4.82. The molecule has 0 bridgehead atoms. The number of benzene rings is 1. The van der Waals surface area contributed by atoms with Crippen LogP contribution in [0.2, 0.25) is 9.36 Å². The molecular formula is C13H9Cl2NO4S. The van der Waals surface area contributed by atoms with Gasteiger partial charge in [0.2, 0.25) is 5.78 Å². The number of rotatable bonds is 5. The first-order valence-corrected chi connectivity index (χ1v) is 7.36. The highest BCUT2D eigenvalue weighted by molar-refractivity contribution is 7.18. The number of halogens is 2. The van der Waals surface area contributed by atoms with Gasteiger partial charge in [-0.25, -0.2) is 0 Å². The van der Waals surface area contributed by atoms with E-state index in [2.05, 4.69) is 0 Å². The van der Waals surface area contributed by atoms with Gasteiger partial charge in [0, 0.05) is 12.1 Å². The summed E-state index contributed by atoms with van der Waals surface area (Å²) in [5.74, 6) is 0.0653. The van der Waals surface area contributed by atoms with Gasteiger partial charge in [-0.1, -0.05) is 23.2 Å². The molecule has 0 N–H and O–H groups in total. The Morgan fingerprint density at radius 1 is 1.33 bits per heavy atom. The summed E-state index contributed by atoms with van der Waals surface area (Å²) >= 11 is 12.7. The molecule has 0 saturated carbocycles. The maximum Gasteiger partial charge on any atom is 0.288 e. The lowest BCUT2D eigenvalue weighted by atomic mass is 10.2. The average molecular weight is 346 g/mol. The van der Waals surface area contributed by atoms with Crippen molar-refractivity contribution in [3.05, 3.63) is 54.7 Å². The summed E-state index contributed by atoms with van der Waals surface area (Å²) in [4.78, 5) is 22.7. The van der Waals surface area contributed by atoms with Crippen LogP contribution in [0, 0.1) is 10.1 Å². The predicted octanol–water partition coefficient (Wildman–Crippen LogP) is 4.61. The van der Waals surface area contributed by atoms with E-state index in [-0.39, 0.29) is 22.2 Å². The Labute approximate surface area is 134 Å². The molecule has 1 heterocycles. The average Bonchev–Trinajstić information content (AvgIpc) is 2.84. The summed E-state index contributed by atoms with van der Waals surface area (Å²) in [6, 6.07) is 7.20. The highest BCUT2D eigenvalue weighted by Gasteiger charge is 2.20. The van der Waals surface area contributed by atoms with Crippen molar-refractivity contribution in [3.63, 3.8) is 0 Å². The number of carbonyl (C=O) groups is 1. The van der Waals surface area contributed by atoms with Crippen molar-refractivity contribution in [2.24, 2.45) is 0 Å². The van der Waals surface area contributed by atoms with Crippen LogP contribution in [0.3, 0.4) is 0 Å². The van der Waals surface area contributed by atoms with Crippen LogP contribution in [0.1, 0.15) is 16.6 Å². The first-order valence-electron chi connectivity index (χ1n) is 5.78. The summed E-state index contributed by atoms with van der Waals surface area (Å²) in [6.45, 7) is 1.59. The molecule has 0 fully saturated rings. The van der Waals surface area contributed by atoms with Crippen molar-refractivity contribution in [3.8, 4) is 5.75 Å². The number of hydrogen-bond acceptors (Lipinski definition) is 5. The Morgan fingerprint density at radius 3 is 2.57 bits per heavy atom. The van der Waals surface area contributed by atoms with E-state index in [1.807, 2.05) is 0 Å². The SMILES string of the molecule is CC(Oc1ccc([N+](=O)[O-])c(Cl)c1)C(=O)c1ccc(Cl)s1. The monoisotopic (exact) mass is 345 g/mol. The number of ketones is 1. The molecule has 1 unspecified atom stereocenters. The number of nitro groups is 1. The smallest absolute Gasteiger partial charge is 0.288 e. The fraction of sp³-hybridized carbons (Fsp3) is 0.154. The minimum Gasteiger partial charge on any atom is -0.482 e. The standard InChI is InChI=1S/C13H9Cl2NO4S/c1-7(13(17)11-4-5-12(15)21-11)20-8-2-3-10(16(18)19)9(14)6-8/h2-7H,1H3. The fourth-order valence-electron chi connectivity index (χ4n) is 1.61. The highest BCUT2D eigenvalue weighted by Crippen LogP contribution is 2.29. The third kappa shape index (κ3) is 3.72. The van der Waals surface area contributed by atoms with Crippen LogP contribution in [-0.2, 0) is 0 Å². The van der Waals surface area contributed by atoms with Crippen LogP contribution in [0.15, 0.2) is 30.3 Å². The van der Waals surface area contributed by atoms with Crippen LogP contribution in [0.4, 0.5) is 5.69 Å². The third-order valence-electron chi connectivity index (χ3n) is 2.61. The molecule has 1 atom stereocenters. The molecule has 1 aromatic carbocycles. The second kappa shape index (κ2) is 6.43. The first kappa shape index (κ1) is 15.8. The minimum absolute atomic E-state index is 0.0451. The topological polar surface area (TPSA) is 69.4 Å². The number of thiophene rings is 1. The number of carbonyl (C=O) groups excluding carboxylic acids is 1. The van der Waals surface area contributed by atoms with Gasteiger partial charge in [0.1, 0.15) is 10.8 Å². The highest BCUT2D eigenvalue weighted by atomic mass is 35.5. The van der Waals surface area contributed by atoms with Gasteiger partial charge in [0.25, 0.3) is 5.69 Å². The van der Waals surface area contributed by atoms with E-state index in [0.29, 0.717) is 9.21 Å². The molecule has 2 rings (SSSR count). The van der Waals surface area contributed by atoms with Crippen molar-refractivity contribution in [2.75, 3.05) is 0 Å². The van der Waals surface area contributed by atoms with Crippen molar-refractivity contribution < 1.29 is 14.5 Å². The lowest BCUT2D eigenvalue weighted by Gasteiger charge is -2.12. The summed E-state index contributed by atoms with van der Waals surface area (Å²) < 4.78 is 5.98. The van der Waals surface area contributed by atoms with Crippen LogP contribution in [0.5, 0.6) is 5.75 Å². The van der Waals surface area contributed by atoms with Crippen molar-refractivity contribution in [1.82, 2.24) is 0 Å². The molecule has 1 aromatic heterocycles. The van der Waals surface area contributed by atoms with Gasteiger partial charge in [-0.3, -0.25) is 14.9 Å². The summed E-state index contributed by atoms with van der Waals surface area (Å²) in [6.07, 6.45) is -0.753. The van der Waals surface area contributed by atoms with E-state index in [1.165, 1.54) is 18.2 Å². The van der Waals surface area contributed by atoms with E-state index in [9.17, 15) is 14.9 Å². The zero-order valence-corrected chi connectivity index (χ0v) is 13.0. The molecule has 2 aromatic rings. The van der Waals surface area contributed by atoms with Gasteiger partial charge in [0.15, 0.2) is 6.10 Å². The van der Waals surface area contributed by atoms with Crippen LogP contribution in [0.25, 0.3) is 0 Å². The Morgan fingerprint density at radius 2 is 2.05 bits per heavy atom. The van der Waals surface area contributed by atoms with E-state index in [0.717, 1.165) is 11.3 Å². The molecule has 5 nitrogen and oxygen atoms in total. The number of nitro benzene ring substituents is 1. The van der Waals surface area contributed by atoms with Gasteiger partial charge >= 0.3 is 0 Å². The molecule has 110 valence electrons. The zero-order valence-electron chi connectivity index (χ0n) is 10.7. The van der Waals surface area contributed by atoms with Crippen molar-refractivity contribution >= 4 is 46.0 Å². The maximum absolute atomic E-state index is 12.1. The van der Waals surface area contributed by atoms with E-state index >= 15 is 0 Å². The minimum atomic E-state index is -0.753. The largest absolute Gasteiger partial charge is 0.482 e. The summed E-state index contributed by atoms with van der Waals surface area (Å²) in [5.41, 5.74) is -0.215. The van der Waals surface area contributed by atoms with E-state index in [4.69, 9.17) is 27.9 Å². The molecule has 0 spiro atoms. The van der Waals surface area contributed by atoms with Gasteiger partial charge in [0.05, 0.1) is 14.1 Å². The maximum atomic E-state index is 12.1. The fourth-order valence-corrected chi connectivity index (χ4v) is 2.91. The first-order chi connectivity index (χ1) is 9.88.